The third-order valence-electron chi connectivity index (χ3n) is 2.76. The molecule has 1 aromatic rings. The molecular formula is C13H12ClNO2. The van der Waals surface area contributed by atoms with Crippen LogP contribution in [0, 0.1) is 0 Å². The minimum absolute atomic E-state index is 0.161. The second-order valence-corrected chi connectivity index (χ2v) is 4.31. The number of carbonyl (C=O) groups excluding carboxylic acids is 2. The Balaban J connectivity index is 2.50. The van der Waals surface area contributed by atoms with Gasteiger partial charge < -0.3 is 0 Å². The van der Waals surface area contributed by atoms with Gasteiger partial charge in [0.2, 0.25) is 5.91 Å². The van der Waals surface area contributed by atoms with E-state index in [1.807, 2.05) is 25.1 Å². The molecule has 1 aromatic carbocycles. The van der Waals surface area contributed by atoms with Crippen LogP contribution in [0.15, 0.2) is 29.8 Å². The van der Waals surface area contributed by atoms with Crippen LogP contribution in [0.25, 0.3) is 5.57 Å². The molecule has 0 aromatic heterocycles. The van der Waals surface area contributed by atoms with E-state index in [1.54, 1.807) is 6.07 Å². The maximum absolute atomic E-state index is 11.6. The van der Waals surface area contributed by atoms with Crippen molar-refractivity contribution < 1.29 is 9.59 Å². The lowest BCUT2D eigenvalue weighted by Crippen LogP contribution is -2.19. The summed E-state index contributed by atoms with van der Waals surface area (Å²) in [5.74, 6) is -0.523. The van der Waals surface area contributed by atoms with Crippen LogP contribution in [-0.2, 0) is 9.59 Å². The quantitative estimate of drug-likeness (QED) is 0.647. The Labute approximate surface area is 104 Å². The number of hydrogen-bond acceptors (Lipinski definition) is 2. The van der Waals surface area contributed by atoms with E-state index >= 15 is 0 Å². The summed E-state index contributed by atoms with van der Waals surface area (Å²) in [6.45, 7) is 1.96. The first kappa shape index (κ1) is 11.9. The van der Waals surface area contributed by atoms with Crippen LogP contribution < -0.4 is 5.32 Å². The van der Waals surface area contributed by atoms with Crippen molar-refractivity contribution in [2.45, 2.75) is 19.8 Å². The Morgan fingerprint density at radius 2 is 2.18 bits per heavy atom. The molecule has 17 heavy (non-hydrogen) atoms. The summed E-state index contributed by atoms with van der Waals surface area (Å²) in [4.78, 5) is 22.8. The molecule has 0 unspecified atom stereocenters. The van der Waals surface area contributed by atoms with Gasteiger partial charge in [0.05, 0.1) is 6.42 Å². The fourth-order valence-corrected chi connectivity index (χ4v) is 2.19. The summed E-state index contributed by atoms with van der Waals surface area (Å²) in [6, 6.07) is 7.32. The molecule has 3 nitrogen and oxygen atoms in total. The predicted octanol–water partition coefficient (Wildman–Crippen LogP) is 2.55. The summed E-state index contributed by atoms with van der Waals surface area (Å²) >= 11 is 5.93. The zero-order valence-electron chi connectivity index (χ0n) is 9.42. The zero-order chi connectivity index (χ0) is 12.4. The van der Waals surface area contributed by atoms with E-state index in [2.05, 4.69) is 5.32 Å². The number of carbonyl (C=O) groups is 2. The summed E-state index contributed by atoms with van der Waals surface area (Å²) in [5.41, 5.74) is 2.34. The third kappa shape index (κ3) is 2.39. The van der Waals surface area contributed by atoms with Crippen LogP contribution in [0.2, 0.25) is 5.02 Å². The minimum atomic E-state index is -0.285. The molecule has 1 saturated heterocycles. The van der Waals surface area contributed by atoms with Crippen LogP contribution in [0.5, 0.6) is 0 Å². The molecule has 1 N–H and O–H groups in total. The van der Waals surface area contributed by atoms with Gasteiger partial charge in [-0.1, -0.05) is 30.7 Å². The molecule has 1 heterocycles. The van der Waals surface area contributed by atoms with Gasteiger partial charge in [-0.2, -0.15) is 0 Å². The number of nitrogens with one attached hydrogen (secondary N) is 1. The number of allylic oxidation sites excluding steroid dienone is 1. The van der Waals surface area contributed by atoms with E-state index in [9.17, 15) is 9.59 Å². The highest BCUT2D eigenvalue weighted by Gasteiger charge is 2.26. The largest absolute Gasteiger partial charge is 0.292 e. The molecule has 0 saturated carbocycles. The van der Waals surface area contributed by atoms with Gasteiger partial charge in [-0.3, -0.25) is 14.9 Å². The highest BCUT2D eigenvalue weighted by molar-refractivity contribution is 6.30. The lowest BCUT2D eigenvalue weighted by Gasteiger charge is -2.08. The molecule has 4 heteroatoms. The van der Waals surface area contributed by atoms with E-state index in [1.165, 1.54) is 0 Å². The monoisotopic (exact) mass is 249 g/mol. The molecule has 2 rings (SSSR count). The maximum atomic E-state index is 11.6. The highest BCUT2D eigenvalue weighted by atomic mass is 35.5. The normalized spacial score (nSPS) is 18.2. The topological polar surface area (TPSA) is 46.2 Å². The SMILES string of the molecule is CCC(=C1CC(=O)NC1=O)c1cccc(Cl)c1. The van der Waals surface area contributed by atoms with Crippen molar-refractivity contribution in [3.63, 3.8) is 0 Å². The van der Waals surface area contributed by atoms with Crippen molar-refractivity contribution in [2.24, 2.45) is 0 Å². The van der Waals surface area contributed by atoms with Crippen molar-refractivity contribution >= 4 is 29.0 Å². The first-order chi connectivity index (χ1) is 8.11. The van der Waals surface area contributed by atoms with Crippen molar-refractivity contribution in [1.82, 2.24) is 5.32 Å². The van der Waals surface area contributed by atoms with Crippen LogP contribution >= 0.6 is 11.6 Å². The standard InChI is InChI=1S/C13H12ClNO2/c1-2-10(8-4-3-5-9(14)6-8)11-7-12(16)15-13(11)17/h3-6H,2,7H2,1H3,(H,15,16,17). The van der Waals surface area contributed by atoms with E-state index in [-0.39, 0.29) is 18.2 Å². The predicted molar refractivity (Wildman–Crippen MR) is 66.4 cm³/mol. The van der Waals surface area contributed by atoms with Gasteiger partial charge in [-0.15, -0.1) is 0 Å². The zero-order valence-corrected chi connectivity index (χ0v) is 10.2. The molecule has 0 radical (unpaired) electrons. The van der Waals surface area contributed by atoms with Crippen LogP contribution in [-0.4, -0.2) is 11.8 Å². The van der Waals surface area contributed by atoms with Gasteiger partial charge in [-0.05, 0) is 29.7 Å². The fourth-order valence-electron chi connectivity index (χ4n) is 2.00. The van der Waals surface area contributed by atoms with Crippen LogP contribution in [0.1, 0.15) is 25.3 Å². The van der Waals surface area contributed by atoms with E-state index < -0.39 is 0 Å². The Kier molecular flexibility index (Phi) is 3.29. The summed E-state index contributed by atoms with van der Waals surface area (Å²) < 4.78 is 0. The molecule has 88 valence electrons. The second-order valence-electron chi connectivity index (χ2n) is 3.88. The molecule has 1 fully saturated rings. The second kappa shape index (κ2) is 4.72. The Morgan fingerprint density at radius 3 is 2.71 bits per heavy atom. The molecule has 0 spiro atoms. The molecule has 2 amide bonds. The van der Waals surface area contributed by atoms with E-state index in [0.29, 0.717) is 17.0 Å². The smallest absolute Gasteiger partial charge is 0.254 e. The number of hydrogen-bond donors (Lipinski definition) is 1. The van der Waals surface area contributed by atoms with Gasteiger partial charge in [0.25, 0.3) is 5.91 Å². The highest BCUT2D eigenvalue weighted by Crippen LogP contribution is 2.28. The number of rotatable bonds is 2. The summed E-state index contributed by atoms with van der Waals surface area (Å²) in [5, 5.41) is 2.92. The van der Waals surface area contributed by atoms with Crippen molar-refractivity contribution in [1.29, 1.82) is 0 Å². The van der Waals surface area contributed by atoms with Gasteiger partial charge in [-0.25, -0.2) is 0 Å². The van der Waals surface area contributed by atoms with Gasteiger partial charge in [0.15, 0.2) is 0 Å². The molecule has 0 atom stereocenters. The van der Waals surface area contributed by atoms with Gasteiger partial charge in [0.1, 0.15) is 0 Å². The average molecular weight is 250 g/mol. The van der Waals surface area contributed by atoms with Crippen LogP contribution in [0.3, 0.4) is 0 Å². The summed E-state index contributed by atoms with van der Waals surface area (Å²) in [7, 11) is 0. The Morgan fingerprint density at radius 1 is 1.41 bits per heavy atom. The first-order valence-corrected chi connectivity index (χ1v) is 5.81. The lowest BCUT2D eigenvalue weighted by atomic mass is 9.96. The summed E-state index contributed by atoms with van der Waals surface area (Å²) in [6.07, 6.45) is 0.852. The van der Waals surface area contributed by atoms with Crippen molar-refractivity contribution in [3.8, 4) is 0 Å². The maximum Gasteiger partial charge on any atom is 0.254 e. The number of halogens is 1. The van der Waals surface area contributed by atoms with E-state index in [0.717, 1.165) is 11.1 Å². The lowest BCUT2D eigenvalue weighted by molar-refractivity contribution is -0.124. The molecule has 0 bridgehead atoms. The first-order valence-electron chi connectivity index (χ1n) is 5.44. The van der Waals surface area contributed by atoms with E-state index in [4.69, 9.17) is 11.6 Å². The van der Waals surface area contributed by atoms with Gasteiger partial charge >= 0.3 is 0 Å². The molecular weight excluding hydrogens is 238 g/mol. The number of amides is 2. The van der Waals surface area contributed by atoms with Gasteiger partial charge in [0, 0.05) is 10.6 Å². The average Bonchev–Trinajstić information content (AvgIpc) is 2.59. The van der Waals surface area contributed by atoms with Crippen molar-refractivity contribution in [2.75, 3.05) is 0 Å². The number of imide groups is 1. The molecule has 1 aliphatic rings. The molecule has 0 aliphatic carbocycles. The molecule has 1 aliphatic heterocycles. The minimum Gasteiger partial charge on any atom is -0.292 e. The Hall–Kier alpha value is -1.61. The third-order valence-corrected chi connectivity index (χ3v) is 2.99. The van der Waals surface area contributed by atoms with Crippen molar-refractivity contribution in [3.05, 3.63) is 40.4 Å². The van der Waals surface area contributed by atoms with Crippen LogP contribution in [0.4, 0.5) is 0 Å². The Bertz CT molecular complexity index is 520. The number of benzene rings is 1. The fraction of sp³-hybridized carbons (Fsp3) is 0.231.